The van der Waals surface area contributed by atoms with E-state index in [1.807, 2.05) is 52.0 Å². The van der Waals surface area contributed by atoms with Gasteiger partial charge in [0.2, 0.25) is 0 Å². The van der Waals surface area contributed by atoms with Gasteiger partial charge in [-0.1, -0.05) is 31.9 Å². The summed E-state index contributed by atoms with van der Waals surface area (Å²) in [5, 5.41) is 21.3. The van der Waals surface area contributed by atoms with E-state index in [0.29, 0.717) is 105 Å². The van der Waals surface area contributed by atoms with E-state index in [2.05, 4.69) is 56.1 Å². The maximum Gasteiger partial charge on any atom is 0.126 e. The highest BCUT2D eigenvalue weighted by Gasteiger charge is 2.24. The van der Waals surface area contributed by atoms with Gasteiger partial charge in [0.25, 0.3) is 0 Å². The molecule has 0 spiro atoms. The molecule has 0 saturated heterocycles. The number of fused-ring (bicyclic) bond motifs is 8. The van der Waals surface area contributed by atoms with Gasteiger partial charge in [-0.2, -0.15) is 0 Å². The zero-order valence-corrected chi connectivity index (χ0v) is 37.4. The van der Waals surface area contributed by atoms with Crippen molar-refractivity contribution >= 4 is 31.9 Å². The summed E-state index contributed by atoms with van der Waals surface area (Å²) in [6, 6.07) is 16.4. The molecule has 1 aliphatic rings. The van der Waals surface area contributed by atoms with E-state index in [4.69, 9.17) is 37.9 Å². The molecule has 0 fully saturated rings. The minimum Gasteiger partial charge on any atom is -0.491 e. The third-order valence-corrected chi connectivity index (χ3v) is 10.5. The predicted molar refractivity (Wildman–Crippen MR) is 232 cm³/mol. The lowest BCUT2D eigenvalue weighted by Crippen LogP contribution is -2.14. The van der Waals surface area contributed by atoms with Crippen LogP contribution < -0.4 is 18.9 Å². The molecule has 1 aliphatic carbocycles. The molecule has 58 heavy (non-hydrogen) atoms. The zero-order valence-electron chi connectivity index (χ0n) is 34.3. The Morgan fingerprint density at radius 1 is 0.379 bits per heavy atom. The van der Waals surface area contributed by atoms with E-state index in [-0.39, 0.29) is 13.2 Å². The number of aliphatic hydroxyl groups excluding tert-OH is 2. The average Bonchev–Trinajstić information content (AvgIpc) is 3.20. The van der Waals surface area contributed by atoms with Crippen LogP contribution in [0.25, 0.3) is 0 Å². The molecule has 0 saturated carbocycles. The van der Waals surface area contributed by atoms with Gasteiger partial charge >= 0.3 is 0 Å². The van der Waals surface area contributed by atoms with Crippen molar-refractivity contribution in [2.24, 2.45) is 0 Å². The maximum atomic E-state index is 10.6. The highest BCUT2D eigenvalue weighted by atomic mass is 79.9. The van der Waals surface area contributed by atoms with E-state index in [0.717, 1.165) is 87.6 Å². The van der Waals surface area contributed by atoms with Crippen molar-refractivity contribution in [1.82, 2.24) is 0 Å². The molecule has 0 radical (unpaired) electrons. The summed E-state index contributed by atoms with van der Waals surface area (Å²) < 4.78 is 51.2. The van der Waals surface area contributed by atoms with Crippen LogP contribution in [0.4, 0.5) is 0 Å². The fraction of sp³-hybridized carbons (Fsp3) is 0.478. The summed E-state index contributed by atoms with van der Waals surface area (Å²) in [4.78, 5) is 0. The minimum atomic E-state index is -0.143. The van der Waals surface area contributed by atoms with Crippen molar-refractivity contribution in [3.63, 3.8) is 0 Å². The highest BCUT2D eigenvalue weighted by molar-refractivity contribution is 9.10. The van der Waals surface area contributed by atoms with Crippen LogP contribution in [0.2, 0.25) is 0 Å². The van der Waals surface area contributed by atoms with Crippen LogP contribution in [0, 0.1) is 0 Å². The number of halogens is 2. The quantitative estimate of drug-likeness (QED) is 0.0656. The topological polar surface area (TPSA) is 114 Å². The molecule has 316 valence electrons. The Labute approximate surface area is 360 Å². The second-order valence-electron chi connectivity index (χ2n) is 13.8. The Kier molecular flexibility index (Phi) is 19.1. The first-order valence-corrected chi connectivity index (χ1v) is 21.9. The Morgan fingerprint density at radius 2 is 0.603 bits per heavy atom. The molecule has 0 atom stereocenters. The van der Waals surface area contributed by atoms with Gasteiger partial charge in [0, 0.05) is 83.3 Å². The molecule has 4 aromatic rings. The molecule has 0 unspecified atom stereocenters. The molecular weight excluding hydrogens is 872 g/mol. The second kappa shape index (κ2) is 24.2. The maximum absolute atomic E-state index is 10.6. The fourth-order valence-corrected chi connectivity index (χ4v) is 8.37. The number of benzene rings is 4. The highest BCUT2D eigenvalue weighted by Crippen LogP contribution is 2.41. The second-order valence-corrected chi connectivity index (χ2v) is 15.6. The summed E-state index contributed by atoms with van der Waals surface area (Å²) in [5.41, 5.74) is 8.90. The zero-order chi connectivity index (χ0) is 41.3. The van der Waals surface area contributed by atoms with Gasteiger partial charge in [-0.05, 0) is 110 Å². The Bertz CT molecular complexity index is 1680. The van der Waals surface area contributed by atoms with Gasteiger partial charge in [-0.3, -0.25) is 0 Å². The van der Waals surface area contributed by atoms with Gasteiger partial charge in [0.05, 0.1) is 39.6 Å². The largest absolute Gasteiger partial charge is 0.491 e. The van der Waals surface area contributed by atoms with Crippen molar-refractivity contribution < 1.29 is 48.1 Å². The Hall–Kier alpha value is -3.20. The molecular formula is C46H58Br2O10. The summed E-state index contributed by atoms with van der Waals surface area (Å²) in [6.07, 6.45) is 1.79. The number of ether oxygens (including phenoxy) is 8. The summed E-state index contributed by atoms with van der Waals surface area (Å²) in [6.45, 7) is 13.0. The first kappa shape index (κ1) is 45.9. The molecule has 0 amide bonds. The van der Waals surface area contributed by atoms with Gasteiger partial charge < -0.3 is 48.1 Å². The fourth-order valence-electron chi connectivity index (χ4n) is 7.26. The summed E-state index contributed by atoms with van der Waals surface area (Å²) in [5.74, 6) is 2.94. The number of aliphatic hydroxyl groups is 2. The lowest BCUT2D eigenvalue weighted by molar-refractivity contribution is 0.108. The molecule has 4 aromatic carbocycles. The molecule has 12 heteroatoms. The molecule has 10 nitrogen and oxygen atoms in total. The van der Waals surface area contributed by atoms with Crippen LogP contribution in [0.3, 0.4) is 0 Å². The van der Waals surface area contributed by atoms with E-state index < -0.39 is 0 Å². The van der Waals surface area contributed by atoms with Crippen molar-refractivity contribution in [2.75, 3.05) is 79.3 Å². The lowest BCUT2D eigenvalue weighted by Gasteiger charge is -2.24. The third kappa shape index (κ3) is 12.9. The van der Waals surface area contributed by atoms with E-state index in [1.165, 1.54) is 0 Å². The van der Waals surface area contributed by atoms with Gasteiger partial charge in [0.15, 0.2) is 0 Å². The van der Waals surface area contributed by atoms with Gasteiger partial charge in [-0.25, -0.2) is 0 Å². The monoisotopic (exact) mass is 928 g/mol. The lowest BCUT2D eigenvalue weighted by atomic mass is 9.89. The van der Waals surface area contributed by atoms with Crippen molar-refractivity contribution in [1.29, 1.82) is 0 Å². The number of hydrogen-bond acceptors (Lipinski definition) is 10. The molecule has 0 aliphatic heterocycles. The van der Waals surface area contributed by atoms with E-state index in [1.54, 1.807) is 0 Å². The first-order valence-electron chi connectivity index (χ1n) is 20.3. The molecule has 0 aromatic heterocycles. The number of rotatable bonds is 22. The first-order chi connectivity index (χ1) is 28.3. The van der Waals surface area contributed by atoms with Crippen LogP contribution in [0.1, 0.15) is 83.3 Å². The Balaban J connectivity index is 1.80. The third-order valence-electron chi connectivity index (χ3n) is 9.62. The summed E-state index contributed by atoms with van der Waals surface area (Å²) >= 11 is 7.65. The van der Waals surface area contributed by atoms with Crippen LogP contribution in [-0.4, -0.2) is 89.5 Å². The normalized spacial score (nSPS) is 12.4. The van der Waals surface area contributed by atoms with Gasteiger partial charge in [0.1, 0.15) is 49.4 Å². The minimum absolute atomic E-state index is 0.143. The summed E-state index contributed by atoms with van der Waals surface area (Å²) in [7, 11) is 0. The van der Waals surface area contributed by atoms with Crippen LogP contribution >= 0.6 is 31.9 Å². The molecule has 8 bridgehead atoms. The van der Waals surface area contributed by atoms with E-state index in [9.17, 15) is 10.2 Å². The number of hydrogen-bond donors (Lipinski definition) is 2. The van der Waals surface area contributed by atoms with Crippen LogP contribution in [0.5, 0.6) is 23.0 Å². The van der Waals surface area contributed by atoms with E-state index >= 15 is 0 Å². The predicted octanol–water partition coefficient (Wildman–Crippen LogP) is 8.53. The van der Waals surface area contributed by atoms with Crippen molar-refractivity contribution in [3.8, 4) is 23.0 Å². The molecule has 2 N–H and O–H groups in total. The van der Waals surface area contributed by atoms with Crippen LogP contribution in [-0.2, 0) is 57.8 Å². The van der Waals surface area contributed by atoms with Crippen molar-refractivity contribution in [2.45, 2.75) is 66.6 Å². The van der Waals surface area contributed by atoms with Crippen molar-refractivity contribution in [3.05, 3.63) is 113 Å². The van der Waals surface area contributed by atoms with Gasteiger partial charge in [-0.15, -0.1) is 0 Å². The SMILES string of the molecule is CCOCCOc1c2cc(Br)cc1Cc1cc(CO)cc(c1OCCOCC)Cc1cc(Br)cc(c1OCCOCC)Cc1cc(CO)cc(c1OCCOCC)C2. The molecule has 5 rings (SSSR count). The smallest absolute Gasteiger partial charge is 0.126 e. The van der Waals surface area contributed by atoms with Crippen LogP contribution in [0.15, 0.2) is 57.5 Å². The standard InChI is InChI=1S/C46H58Br2O10/c1-5-51-9-13-55-43-33-17-31(29-49)18-34(43)22-38-26-42(48)28-40(46(38)58-16-12-54-8-4)24-36-20-32(30-50)19-35(44(36)56-14-10-52-6-2)23-39-27-41(47)25-37(21-33)45(39)57-15-11-53-7-3/h17-20,25-28,49-50H,5-16,21-24,29-30H2,1-4H3. The average molecular weight is 931 g/mol. The molecule has 0 heterocycles. The Morgan fingerprint density at radius 3 is 0.810 bits per heavy atom.